The number of benzene rings is 3. The third kappa shape index (κ3) is 4.47. The van der Waals surface area contributed by atoms with Gasteiger partial charge in [0.2, 0.25) is 0 Å². The van der Waals surface area contributed by atoms with Crippen LogP contribution in [0, 0.1) is 16.4 Å². The van der Waals surface area contributed by atoms with Crippen molar-refractivity contribution < 1.29 is 51.0 Å². The molecule has 0 saturated heterocycles. The van der Waals surface area contributed by atoms with Crippen molar-refractivity contribution in [3.63, 3.8) is 0 Å². The number of hydrogen-bond donors (Lipinski definition) is 0. The summed E-state index contributed by atoms with van der Waals surface area (Å²) in [6.07, 6.45) is 8.49. The molecule has 3 aromatic rings. The number of halogens is 2. The Balaban J connectivity index is 0.00000114. The maximum atomic E-state index is 3.72. The van der Waals surface area contributed by atoms with E-state index < -0.39 is 0 Å². The van der Waals surface area contributed by atoms with E-state index in [0.717, 1.165) is 0 Å². The van der Waals surface area contributed by atoms with E-state index in [4.69, 9.17) is 0 Å². The molecule has 31 heavy (non-hydrogen) atoms. The van der Waals surface area contributed by atoms with E-state index >= 15 is 0 Å². The molecule has 0 fully saturated rings. The first-order chi connectivity index (χ1) is 13.6. The molecule has 2 aliphatic rings. The fourth-order valence-electron chi connectivity index (χ4n) is 4.45. The van der Waals surface area contributed by atoms with Gasteiger partial charge in [0.1, 0.15) is 0 Å². The van der Waals surface area contributed by atoms with Crippen LogP contribution in [-0.4, -0.2) is 0 Å². The van der Waals surface area contributed by atoms with Crippen molar-refractivity contribution in [2.24, 2.45) is 5.92 Å². The Kier molecular flexibility index (Phi) is 8.51. The summed E-state index contributed by atoms with van der Waals surface area (Å²) < 4.78 is 0. The normalized spacial score (nSPS) is 15.1. The Labute approximate surface area is 215 Å². The van der Waals surface area contributed by atoms with Gasteiger partial charge in [0.05, 0.1) is 0 Å². The van der Waals surface area contributed by atoms with E-state index in [1.165, 1.54) is 54.3 Å². The second-order valence-corrected chi connectivity index (χ2v) is 7.96. The molecule has 0 spiro atoms. The van der Waals surface area contributed by atoms with E-state index in [1.54, 1.807) is 0 Å². The van der Waals surface area contributed by atoms with Crippen molar-refractivity contribution in [1.29, 1.82) is 0 Å². The SMILES string of the molecule is CC(C)=c1ccc2c(c1C1=CC(c3ccccc3)=CC1C)[C-]=c1ccccc1=2.[Cl-].[Cl-].[Zr+3]. The number of hydrogen-bond acceptors (Lipinski definition) is 0. The van der Waals surface area contributed by atoms with Crippen molar-refractivity contribution in [2.45, 2.75) is 20.8 Å². The molecule has 1 atom stereocenters. The second-order valence-electron chi connectivity index (χ2n) is 7.96. The van der Waals surface area contributed by atoms with E-state index in [0.29, 0.717) is 5.92 Å². The van der Waals surface area contributed by atoms with E-state index in [2.05, 4.69) is 106 Å². The molecule has 3 heteroatoms. The predicted molar refractivity (Wildman–Crippen MR) is 119 cm³/mol. The smallest absolute Gasteiger partial charge is 1.00 e. The summed E-state index contributed by atoms with van der Waals surface area (Å²) in [5.74, 6) is 0.380. The van der Waals surface area contributed by atoms with Gasteiger partial charge in [0.25, 0.3) is 0 Å². The molecule has 0 nitrogen and oxygen atoms in total. The maximum absolute atomic E-state index is 3.72. The van der Waals surface area contributed by atoms with Crippen molar-refractivity contribution in [3.05, 3.63) is 116 Å². The summed E-state index contributed by atoms with van der Waals surface area (Å²) in [6, 6.07) is 23.8. The van der Waals surface area contributed by atoms with Crippen molar-refractivity contribution >= 4 is 22.8 Å². The zero-order chi connectivity index (χ0) is 19.3. The molecule has 0 amide bonds. The molecule has 2 aliphatic carbocycles. The third-order valence-electron chi connectivity index (χ3n) is 5.85. The molecule has 0 bridgehead atoms. The van der Waals surface area contributed by atoms with Gasteiger partial charge in [0.15, 0.2) is 0 Å². The molecule has 0 N–H and O–H groups in total. The van der Waals surface area contributed by atoms with Gasteiger partial charge in [-0.2, -0.15) is 0 Å². The Bertz CT molecular complexity index is 1380. The molecule has 153 valence electrons. The maximum Gasteiger partial charge on any atom is 3.00 e. The standard InChI is InChI=1S/C28H23.2ClH.Zr/c1-18(2)23-13-14-25-24-12-8-7-11-21(24)16-27(25)28(23)26-17-22(15-19(26)3)20-9-5-4-6-10-20;;;/h4-15,17,19H,1-3H3;2*1H;/q-1;;;+3/p-2. The van der Waals surface area contributed by atoms with Crippen LogP contribution < -0.4 is 35.3 Å². The van der Waals surface area contributed by atoms with E-state index in [1.807, 2.05) is 0 Å². The summed E-state index contributed by atoms with van der Waals surface area (Å²) in [7, 11) is 0. The summed E-state index contributed by atoms with van der Waals surface area (Å²) >= 11 is 0. The van der Waals surface area contributed by atoms with E-state index in [9.17, 15) is 0 Å². The van der Waals surface area contributed by atoms with Crippen LogP contribution in [0.4, 0.5) is 0 Å². The van der Waals surface area contributed by atoms with Crippen LogP contribution in [0.2, 0.25) is 0 Å². The Hall–Kier alpha value is -1.66. The Morgan fingerprint density at radius 3 is 2.19 bits per heavy atom. The van der Waals surface area contributed by atoms with Crippen LogP contribution >= 0.6 is 0 Å². The number of allylic oxidation sites excluding steroid dienone is 4. The summed E-state index contributed by atoms with van der Waals surface area (Å²) in [4.78, 5) is 0. The molecule has 0 aromatic heterocycles. The van der Waals surface area contributed by atoms with Gasteiger partial charge in [-0.05, 0) is 30.9 Å². The number of rotatable bonds is 2. The van der Waals surface area contributed by atoms with Crippen molar-refractivity contribution in [2.75, 3.05) is 0 Å². The molecular formula is C28H23Cl2Zr. The zero-order valence-corrected chi connectivity index (χ0v) is 21.8. The first-order valence-electron chi connectivity index (χ1n) is 9.96. The van der Waals surface area contributed by atoms with E-state index in [-0.39, 0.29) is 51.0 Å². The van der Waals surface area contributed by atoms with Crippen LogP contribution in [0.25, 0.3) is 22.8 Å². The minimum absolute atomic E-state index is 0. The fraction of sp³-hybridized carbons (Fsp3) is 0.143. The van der Waals surface area contributed by atoms with Gasteiger partial charge in [-0.25, -0.2) is 0 Å². The molecule has 0 saturated carbocycles. The average molecular weight is 522 g/mol. The van der Waals surface area contributed by atoms with Crippen molar-refractivity contribution in [1.82, 2.24) is 0 Å². The number of fused-ring (bicyclic) bond motifs is 2. The van der Waals surface area contributed by atoms with Gasteiger partial charge < -0.3 is 24.8 Å². The first kappa shape index (κ1) is 25.6. The molecule has 0 aliphatic heterocycles. The fourth-order valence-corrected chi connectivity index (χ4v) is 4.45. The molecule has 3 aromatic carbocycles. The Morgan fingerprint density at radius 1 is 0.806 bits per heavy atom. The molecule has 5 rings (SSSR count). The monoisotopic (exact) mass is 519 g/mol. The molecule has 1 unspecified atom stereocenters. The topological polar surface area (TPSA) is 0 Å². The second kappa shape index (κ2) is 10.3. The average Bonchev–Trinajstić information content (AvgIpc) is 3.28. The first-order valence-corrected chi connectivity index (χ1v) is 9.96. The van der Waals surface area contributed by atoms with Crippen molar-refractivity contribution in [3.8, 4) is 0 Å². The molecule has 1 radical (unpaired) electrons. The van der Waals surface area contributed by atoms with Gasteiger partial charge in [-0.1, -0.05) is 102 Å². The van der Waals surface area contributed by atoms with Crippen LogP contribution in [0.1, 0.15) is 37.5 Å². The minimum Gasteiger partial charge on any atom is -1.00 e. The van der Waals surface area contributed by atoms with Crippen LogP contribution in [0.3, 0.4) is 0 Å². The minimum atomic E-state index is 0. The molecular weight excluding hydrogens is 498 g/mol. The zero-order valence-electron chi connectivity index (χ0n) is 17.8. The van der Waals surface area contributed by atoms with Crippen LogP contribution in [-0.2, 0) is 26.2 Å². The summed E-state index contributed by atoms with van der Waals surface area (Å²) in [5.41, 5.74) is 7.94. The third-order valence-corrected chi connectivity index (χ3v) is 5.85. The molecule has 0 heterocycles. The van der Waals surface area contributed by atoms with Crippen LogP contribution in [0.5, 0.6) is 0 Å². The van der Waals surface area contributed by atoms with Gasteiger partial charge in [-0.3, -0.25) is 0 Å². The largest absolute Gasteiger partial charge is 3.00 e. The summed E-state index contributed by atoms with van der Waals surface area (Å²) in [6.45, 7) is 6.72. The Morgan fingerprint density at radius 2 is 1.48 bits per heavy atom. The quantitative estimate of drug-likeness (QED) is 0.307. The van der Waals surface area contributed by atoms with Crippen LogP contribution in [0.15, 0.2) is 78.9 Å². The van der Waals surface area contributed by atoms with Gasteiger partial charge in [-0.15, -0.1) is 33.4 Å². The van der Waals surface area contributed by atoms with Gasteiger partial charge >= 0.3 is 26.2 Å². The summed E-state index contributed by atoms with van der Waals surface area (Å²) in [5, 5.41) is 5.13. The predicted octanol–water partition coefficient (Wildman–Crippen LogP) is -0.695. The van der Waals surface area contributed by atoms with Gasteiger partial charge in [0, 0.05) is 0 Å².